The normalized spacial score (nSPS) is 14.9. The Hall–Kier alpha value is -1.55. The number of benzene rings is 1. The number of para-hydroxylation sites is 1. The Morgan fingerprint density at radius 3 is 3.19 bits per heavy atom. The molecular formula is C11H10ClN3O. The van der Waals surface area contributed by atoms with Crippen molar-refractivity contribution in [3.8, 4) is 0 Å². The lowest BCUT2D eigenvalue weighted by molar-refractivity contribution is 0.0956. The molecule has 82 valence electrons. The van der Waals surface area contributed by atoms with Crippen molar-refractivity contribution in [1.29, 1.82) is 0 Å². The van der Waals surface area contributed by atoms with Gasteiger partial charge < -0.3 is 9.88 Å². The molecule has 0 fully saturated rings. The number of hydrogen-bond acceptors (Lipinski definition) is 2. The van der Waals surface area contributed by atoms with Crippen molar-refractivity contribution >= 4 is 28.5 Å². The third-order valence-electron chi connectivity index (χ3n) is 2.83. The van der Waals surface area contributed by atoms with Crippen LogP contribution in [0.25, 0.3) is 11.0 Å². The smallest absolute Gasteiger partial charge is 0.253 e. The highest BCUT2D eigenvalue weighted by Crippen LogP contribution is 2.22. The summed E-state index contributed by atoms with van der Waals surface area (Å²) in [6.07, 6.45) is 0. The highest BCUT2D eigenvalue weighted by molar-refractivity contribution is 6.17. The van der Waals surface area contributed by atoms with Crippen LogP contribution < -0.4 is 5.32 Å². The summed E-state index contributed by atoms with van der Waals surface area (Å²) in [7, 11) is 0. The third kappa shape index (κ3) is 1.23. The largest absolute Gasteiger partial charge is 0.350 e. The molecule has 2 heterocycles. The van der Waals surface area contributed by atoms with Gasteiger partial charge in [-0.25, -0.2) is 4.98 Å². The molecule has 16 heavy (non-hydrogen) atoms. The molecule has 0 spiro atoms. The van der Waals surface area contributed by atoms with Gasteiger partial charge in [0, 0.05) is 13.1 Å². The van der Waals surface area contributed by atoms with Crippen LogP contribution in [0.2, 0.25) is 0 Å². The first-order valence-corrected chi connectivity index (χ1v) is 5.67. The monoisotopic (exact) mass is 235 g/mol. The lowest BCUT2D eigenvalue weighted by Crippen LogP contribution is -2.24. The molecule has 0 bridgehead atoms. The van der Waals surface area contributed by atoms with E-state index in [1.165, 1.54) is 0 Å². The van der Waals surface area contributed by atoms with Crippen LogP contribution in [0, 0.1) is 0 Å². The summed E-state index contributed by atoms with van der Waals surface area (Å²) in [6.45, 7) is 1.34. The van der Waals surface area contributed by atoms with Crippen LogP contribution in [0.3, 0.4) is 0 Å². The Balaban J connectivity index is 2.41. The summed E-state index contributed by atoms with van der Waals surface area (Å²) < 4.78 is 2.02. The lowest BCUT2D eigenvalue weighted by atomic mass is 10.2. The highest BCUT2D eigenvalue weighted by Gasteiger charge is 2.20. The van der Waals surface area contributed by atoms with Gasteiger partial charge in [-0.15, -0.1) is 11.6 Å². The average molecular weight is 236 g/mol. The topological polar surface area (TPSA) is 46.9 Å². The van der Waals surface area contributed by atoms with Gasteiger partial charge in [0.2, 0.25) is 0 Å². The van der Waals surface area contributed by atoms with Crippen molar-refractivity contribution < 1.29 is 4.79 Å². The van der Waals surface area contributed by atoms with E-state index >= 15 is 0 Å². The van der Waals surface area contributed by atoms with Crippen LogP contribution in [0.15, 0.2) is 18.2 Å². The van der Waals surface area contributed by atoms with Crippen LogP contribution in [0.1, 0.15) is 16.2 Å². The molecule has 1 aliphatic heterocycles. The summed E-state index contributed by atoms with van der Waals surface area (Å²) in [4.78, 5) is 16.2. The van der Waals surface area contributed by atoms with E-state index in [2.05, 4.69) is 10.3 Å². The second kappa shape index (κ2) is 3.49. The number of nitrogens with zero attached hydrogens (tertiary/aromatic N) is 2. The maximum absolute atomic E-state index is 11.8. The first-order valence-electron chi connectivity index (χ1n) is 5.13. The second-order valence-electron chi connectivity index (χ2n) is 3.74. The van der Waals surface area contributed by atoms with Gasteiger partial charge >= 0.3 is 0 Å². The van der Waals surface area contributed by atoms with E-state index in [0.29, 0.717) is 18.0 Å². The van der Waals surface area contributed by atoms with Crippen molar-refractivity contribution in [1.82, 2.24) is 14.9 Å². The number of hydrogen-bond donors (Lipinski definition) is 1. The van der Waals surface area contributed by atoms with E-state index in [1.807, 2.05) is 22.8 Å². The molecular weight excluding hydrogens is 226 g/mol. The minimum absolute atomic E-state index is 0.0367. The molecule has 5 heteroatoms. The minimum atomic E-state index is -0.0367. The maximum Gasteiger partial charge on any atom is 0.253 e. The molecule has 1 aromatic carbocycles. The molecule has 4 nitrogen and oxygen atoms in total. The van der Waals surface area contributed by atoms with Crippen molar-refractivity contribution in [2.24, 2.45) is 0 Å². The van der Waals surface area contributed by atoms with Gasteiger partial charge in [-0.1, -0.05) is 6.07 Å². The molecule has 0 saturated carbocycles. The number of carbonyl (C=O) groups is 1. The predicted molar refractivity (Wildman–Crippen MR) is 61.6 cm³/mol. The summed E-state index contributed by atoms with van der Waals surface area (Å²) in [5.41, 5.74) is 2.41. The van der Waals surface area contributed by atoms with E-state index in [4.69, 9.17) is 11.6 Å². The van der Waals surface area contributed by atoms with Gasteiger partial charge in [0.1, 0.15) is 5.82 Å². The minimum Gasteiger partial charge on any atom is -0.350 e. The third-order valence-corrected chi connectivity index (χ3v) is 3.07. The number of rotatable bonds is 1. The summed E-state index contributed by atoms with van der Waals surface area (Å²) in [6, 6.07) is 5.57. The van der Waals surface area contributed by atoms with Crippen LogP contribution in [0.5, 0.6) is 0 Å². The second-order valence-corrected chi connectivity index (χ2v) is 4.01. The van der Waals surface area contributed by atoms with Gasteiger partial charge in [-0.05, 0) is 12.1 Å². The zero-order chi connectivity index (χ0) is 11.1. The Bertz CT molecular complexity index is 576. The molecule has 3 rings (SSSR count). The SMILES string of the molecule is O=C1NCCn2c(CCl)nc3cccc1c32. The Labute approximate surface area is 97.2 Å². The molecule has 0 aliphatic carbocycles. The summed E-state index contributed by atoms with van der Waals surface area (Å²) in [5, 5.41) is 2.86. The molecule has 0 atom stereocenters. The fourth-order valence-electron chi connectivity index (χ4n) is 2.14. The fourth-order valence-corrected chi connectivity index (χ4v) is 2.34. The van der Waals surface area contributed by atoms with Crippen LogP contribution in [0.4, 0.5) is 0 Å². The first-order chi connectivity index (χ1) is 7.81. The van der Waals surface area contributed by atoms with Gasteiger partial charge in [0.05, 0.1) is 22.5 Å². The summed E-state index contributed by atoms with van der Waals surface area (Å²) >= 11 is 5.86. The number of nitrogens with one attached hydrogen (secondary N) is 1. The number of alkyl halides is 1. The molecule has 0 radical (unpaired) electrons. The Morgan fingerprint density at radius 1 is 1.50 bits per heavy atom. The van der Waals surface area contributed by atoms with E-state index in [-0.39, 0.29) is 5.91 Å². The zero-order valence-corrected chi connectivity index (χ0v) is 9.29. The number of imidazole rings is 1. The Morgan fingerprint density at radius 2 is 2.38 bits per heavy atom. The molecule has 2 aromatic rings. The van der Waals surface area contributed by atoms with Crippen molar-refractivity contribution in [2.75, 3.05) is 6.54 Å². The van der Waals surface area contributed by atoms with Gasteiger partial charge in [-0.3, -0.25) is 4.79 Å². The van der Waals surface area contributed by atoms with Gasteiger partial charge in [0.25, 0.3) is 5.91 Å². The average Bonchev–Trinajstić information content (AvgIpc) is 2.57. The zero-order valence-electron chi connectivity index (χ0n) is 8.53. The molecule has 1 amide bonds. The number of carbonyl (C=O) groups excluding carboxylic acids is 1. The van der Waals surface area contributed by atoms with Crippen molar-refractivity contribution in [2.45, 2.75) is 12.4 Å². The van der Waals surface area contributed by atoms with E-state index < -0.39 is 0 Å². The van der Waals surface area contributed by atoms with Crippen LogP contribution >= 0.6 is 11.6 Å². The van der Waals surface area contributed by atoms with E-state index in [9.17, 15) is 4.79 Å². The van der Waals surface area contributed by atoms with E-state index in [0.717, 1.165) is 23.4 Å². The molecule has 0 unspecified atom stereocenters. The first kappa shape index (κ1) is 9.66. The van der Waals surface area contributed by atoms with E-state index in [1.54, 1.807) is 0 Å². The molecule has 1 aromatic heterocycles. The Kier molecular flexibility index (Phi) is 2.11. The van der Waals surface area contributed by atoms with Crippen molar-refractivity contribution in [3.63, 3.8) is 0 Å². The van der Waals surface area contributed by atoms with Gasteiger partial charge in [0.15, 0.2) is 0 Å². The fraction of sp³-hybridized carbons (Fsp3) is 0.273. The lowest BCUT2D eigenvalue weighted by Gasteiger charge is -2.03. The summed E-state index contributed by atoms with van der Waals surface area (Å²) in [5.74, 6) is 1.15. The molecule has 0 saturated heterocycles. The van der Waals surface area contributed by atoms with Crippen LogP contribution in [-0.2, 0) is 12.4 Å². The number of amides is 1. The van der Waals surface area contributed by atoms with Gasteiger partial charge in [-0.2, -0.15) is 0 Å². The van der Waals surface area contributed by atoms with Crippen molar-refractivity contribution in [3.05, 3.63) is 29.6 Å². The molecule has 1 aliphatic rings. The number of aromatic nitrogens is 2. The number of halogens is 1. The maximum atomic E-state index is 11.8. The quantitative estimate of drug-likeness (QED) is 0.762. The highest BCUT2D eigenvalue weighted by atomic mass is 35.5. The molecule has 1 N–H and O–H groups in total. The van der Waals surface area contributed by atoms with Crippen LogP contribution in [-0.4, -0.2) is 22.0 Å². The predicted octanol–water partition coefficient (Wildman–Crippen LogP) is 1.52. The standard InChI is InChI=1S/C11H10ClN3O/c12-6-9-14-8-3-1-2-7-10(8)15(9)5-4-13-11(7)16/h1-3H,4-6H2,(H,13,16).